The molecule has 0 aliphatic rings. The molecule has 0 aliphatic carbocycles. The monoisotopic (exact) mass is 276 g/mol. The molecule has 0 fully saturated rings. The number of nitrogens with one attached hydrogen (secondary N) is 1. The number of hydrogen-bond acceptors (Lipinski definition) is 5. The summed E-state index contributed by atoms with van der Waals surface area (Å²) in [6, 6.07) is 9.05. The number of thiazole rings is 1. The number of aromatic nitrogens is 1. The Kier molecular flexibility index (Phi) is 4.65. The average Bonchev–Trinajstić information content (AvgIpc) is 2.99. The third kappa shape index (κ3) is 3.39. The number of hydrogen-bond donors (Lipinski definition) is 1. The van der Waals surface area contributed by atoms with Gasteiger partial charge in [-0.1, -0.05) is 30.3 Å². The van der Waals surface area contributed by atoms with Crippen LogP contribution < -0.4 is 5.32 Å². The zero-order chi connectivity index (χ0) is 13.7. The molecule has 19 heavy (non-hydrogen) atoms. The lowest BCUT2D eigenvalue weighted by Gasteiger charge is -2.20. The number of benzene rings is 1. The van der Waals surface area contributed by atoms with Crippen LogP contribution in [0.2, 0.25) is 0 Å². The van der Waals surface area contributed by atoms with Gasteiger partial charge in [-0.3, -0.25) is 5.32 Å². The second-order valence-corrected chi connectivity index (χ2v) is 5.05. The molecule has 2 unspecified atom stereocenters. The van der Waals surface area contributed by atoms with Gasteiger partial charge in [-0.25, -0.2) is 9.78 Å². The molecule has 100 valence electrons. The average molecular weight is 276 g/mol. The van der Waals surface area contributed by atoms with Gasteiger partial charge in [-0.2, -0.15) is 0 Å². The van der Waals surface area contributed by atoms with Crippen LogP contribution in [0.25, 0.3) is 0 Å². The minimum Gasteiger partial charge on any atom is -0.468 e. The third-order valence-corrected chi connectivity index (χ3v) is 3.77. The van der Waals surface area contributed by atoms with Crippen LogP contribution in [0.5, 0.6) is 0 Å². The van der Waals surface area contributed by atoms with Gasteiger partial charge < -0.3 is 4.74 Å². The van der Waals surface area contributed by atoms with E-state index in [1.807, 2.05) is 42.6 Å². The Labute approximate surface area is 116 Å². The number of carbonyl (C=O) groups excluding carboxylic acids is 1. The number of methoxy groups -OCH3 is 1. The van der Waals surface area contributed by atoms with Crippen molar-refractivity contribution in [2.45, 2.75) is 19.0 Å². The number of ether oxygens (including phenoxy) is 1. The molecule has 4 nitrogen and oxygen atoms in total. The molecule has 0 amide bonds. The molecule has 0 bridgehead atoms. The molecular weight excluding hydrogens is 260 g/mol. The summed E-state index contributed by atoms with van der Waals surface area (Å²) >= 11 is 1.56. The molecule has 0 saturated heterocycles. The molecule has 2 atom stereocenters. The van der Waals surface area contributed by atoms with Gasteiger partial charge in [0.15, 0.2) is 0 Å². The van der Waals surface area contributed by atoms with E-state index in [1.165, 1.54) is 7.11 Å². The Morgan fingerprint density at radius 3 is 2.68 bits per heavy atom. The summed E-state index contributed by atoms with van der Waals surface area (Å²) in [5.74, 6) is -0.297. The van der Waals surface area contributed by atoms with Crippen LogP contribution in [0.3, 0.4) is 0 Å². The van der Waals surface area contributed by atoms with Crippen LogP contribution in [0.15, 0.2) is 41.9 Å². The van der Waals surface area contributed by atoms with Gasteiger partial charge in [0.2, 0.25) is 0 Å². The van der Waals surface area contributed by atoms with Crippen LogP contribution in [0.4, 0.5) is 0 Å². The van der Waals surface area contributed by atoms with Crippen LogP contribution >= 0.6 is 11.3 Å². The normalized spacial score (nSPS) is 13.8. The van der Waals surface area contributed by atoms with E-state index in [1.54, 1.807) is 17.5 Å². The van der Waals surface area contributed by atoms with E-state index in [9.17, 15) is 4.79 Å². The second-order valence-electron chi connectivity index (χ2n) is 4.13. The second kappa shape index (κ2) is 6.45. The minimum absolute atomic E-state index is 0.00990. The van der Waals surface area contributed by atoms with Crippen molar-refractivity contribution in [3.05, 3.63) is 52.5 Å². The number of nitrogens with zero attached hydrogens (tertiary/aromatic N) is 1. The quantitative estimate of drug-likeness (QED) is 0.853. The van der Waals surface area contributed by atoms with Gasteiger partial charge in [0.25, 0.3) is 0 Å². The molecule has 0 saturated carbocycles. The standard InChI is InChI=1S/C14H16N2O2S/c1-10(13-15-8-9-19-13)16-12(14(17)18-2)11-6-4-3-5-7-11/h3-10,12,16H,1-2H3. The van der Waals surface area contributed by atoms with Crippen molar-refractivity contribution in [1.82, 2.24) is 10.3 Å². The number of rotatable bonds is 5. The Hall–Kier alpha value is -1.72. The Morgan fingerprint density at radius 1 is 1.37 bits per heavy atom. The molecule has 0 radical (unpaired) electrons. The Balaban J connectivity index is 2.17. The van der Waals surface area contributed by atoms with Crippen molar-refractivity contribution in [2.75, 3.05) is 7.11 Å². The molecule has 1 N–H and O–H groups in total. The summed E-state index contributed by atoms with van der Waals surface area (Å²) in [5.41, 5.74) is 0.887. The van der Waals surface area contributed by atoms with E-state index in [0.29, 0.717) is 0 Å². The zero-order valence-electron chi connectivity index (χ0n) is 10.9. The first-order chi connectivity index (χ1) is 9.22. The first-order valence-corrected chi connectivity index (χ1v) is 6.88. The summed E-state index contributed by atoms with van der Waals surface area (Å²) in [6.07, 6.45) is 1.76. The highest BCUT2D eigenvalue weighted by molar-refractivity contribution is 7.09. The van der Waals surface area contributed by atoms with Crippen molar-refractivity contribution >= 4 is 17.3 Å². The molecule has 1 aromatic carbocycles. The van der Waals surface area contributed by atoms with Gasteiger partial charge in [-0.05, 0) is 12.5 Å². The topological polar surface area (TPSA) is 51.2 Å². The lowest BCUT2D eigenvalue weighted by molar-refractivity contribution is -0.143. The maximum atomic E-state index is 11.9. The van der Waals surface area contributed by atoms with E-state index in [-0.39, 0.29) is 12.0 Å². The summed E-state index contributed by atoms with van der Waals surface area (Å²) in [5, 5.41) is 6.13. The highest BCUT2D eigenvalue weighted by Crippen LogP contribution is 2.21. The SMILES string of the molecule is COC(=O)C(NC(C)c1nccs1)c1ccccc1. The lowest BCUT2D eigenvalue weighted by atomic mass is 10.1. The van der Waals surface area contributed by atoms with Crippen LogP contribution in [-0.2, 0) is 9.53 Å². The molecule has 0 spiro atoms. The van der Waals surface area contributed by atoms with E-state index in [2.05, 4.69) is 10.3 Å². The van der Waals surface area contributed by atoms with Crippen molar-refractivity contribution < 1.29 is 9.53 Å². The van der Waals surface area contributed by atoms with Gasteiger partial charge in [0.1, 0.15) is 11.0 Å². The number of carbonyl (C=O) groups is 1. The molecule has 0 aliphatic heterocycles. The van der Waals surface area contributed by atoms with E-state index in [4.69, 9.17) is 4.74 Å². The maximum absolute atomic E-state index is 11.9. The van der Waals surface area contributed by atoms with Crippen molar-refractivity contribution in [3.63, 3.8) is 0 Å². The van der Waals surface area contributed by atoms with Crippen LogP contribution in [-0.4, -0.2) is 18.1 Å². The molecule has 1 heterocycles. The van der Waals surface area contributed by atoms with E-state index < -0.39 is 6.04 Å². The lowest BCUT2D eigenvalue weighted by Crippen LogP contribution is -2.31. The van der Waals surface area contributed by atoms with Crippen molar-refractivity contribution in [2.24, 2.45) is 0 Å². The van der Waals surface area contributed by atoms with Crippen molar-refractivity contribution in [3.8, 4) is 0 Å². The summed E-state index contributed by atoms with van der Waals surface area (Å²) in [4.78, 5) is 16.2. The van der Waals surface area contributed by atoms with Crippen LogP contribution in [0, 0.1) is 0 Å². The highest BCUT2D eigenvalue weighted by Gasteiger charge is 2.24. The summed E-state index contributed by atoms with van der Waals surface area (Å²) in [6.45, 7) is 1.98. The smallest absolute Gasteiger partial charge is 0.327 e. The van der Waals surface area contributed by atoms with Gasteiger partial charge >= 0.3 is 5.97 Å². The predicted octanol–water partition coefficient (Wildman–Crippen LogP) is 2.71. The Morgan fingerprint density at radius 2 is 2.11 bits per heavy atom. The molecule has 5 heteroatoms. The molecular formula is C14H16N2O2S. The van der Waals surface area contributed by atoms with Crippen molar-refractivity contribution in [1.29, 1.82) is 0 Å². The first-order valence-electron chi connectivity index (χ1n) is 6.00. The molecule has 2 rings (SSSR count). The minimum atomic E-state index is -0.481. The largest absolute Gasteiger partial charge is 0.468 e. The highest BCUT2D eigenvalue weighted by atomic mass is 32.1. The maximum Gasteiger partial charge on any atom is 0.327 e. The predicted molar refractivity (Wildman–Crippen MR) is 74.9 cm³/mol. The fraction of sp³-hybridized carbons (Fsp3) is 0.286. The molecule has 1 aromatic heterocycles. The molecule has 2 aromatic rings. The van der Waals surface area contributed by atoms with Gasteiger partial charge in [-0.15, -0.1) is 11.3 Å². The fourth-order valence-electron chi connectivity index (χ4n) is 1.83. The van der Waals surface area contributed by atoms with E-state index >= 15 is 0 Å². The summed E-state index contributed by atoms with van der Waals surface area (Å²) in [7, 11) is 1.40. The van der Waals surface area contributed by atoms with E-state index in [0.717, 1.165) is 10.6 Å². The summed E-state index contributed by atoms with van der Waals surface area (Å²) < 4.78 is 4.87. The zero-order valence-corrected chi connectivity index (χ0v) is 11.7. The first kappa shape index (κ1) is 13.7. The van der Waals surface area contributed by atoms with Gasteiger partial charge in [0, 0.05) is 11.6 Å². The fourth-order valence-corrected chi connectivity index (χ4v) is 2.49. The third-order valence-electron chi connectivity index (χ3n) is 2.81. The van der Waals surface area contributed by atoms with Crippen LogP contribution in [0.1, 0.15) is 29.6 Å². The Bertz CT molecular complexity index is 514. The number of esters is 1. The van der Waals surface area contributed by atoms with Gasteiger partial charge in [0.05, 0.1) is 13.2 Å².